The lowest BCUT2D eigenvalue weighted by molar-refractivity contribution is -0.138. The summed E-state index contributed by atoms with van der Waals surface area (Å²) in [7, 11) is 0. The van der Waals surface area contributed by atoms with E-state index < -0.39 is 41.2 Å². The highest BCUT2D eigenvalue weighted by molar-refractivity contribution is 5.78. The monoisotopic (exact) mass is 376 g/mol. The molecule has 26 heavy (non-hydrogen) atoms. The van der Waals surface area contributed by atoms with Crippen molar-refractivity contribution in [3.8, 4) is 0 Å². The summed E-state index contributed by atoms with van der Waals surface area (Å²) >= 11 is 0. The van der Waals surface area contributed by atoms with Crippen molar-refractivity contribution in [3.05, 3.63) is 35.4 Å². The van der Waals surface area contributed by atoms with E-state index in [1.165, 1.54) is 12.1 Å². The van der Waals surface area contributed by atoms with Gasteiger partial charge in [-0.05, 0) is 17.7 Å². The SMILES string of the molecule is CC(C)(C)[C@](CC(=O)NCCO)(OC(N)=O)c1cccc(C(F)(F)F)c1. The van der Waals surface area contributed by atoms with E-state index in [1.807, 2.05) is 0 Å². The van der Waals surface area contributed by atoms with Crippen molar-refractivity contribution in [2.45, 2.75) is 39.0 Å². The second kappa shape index (κ2) is 7.94. The van der Waals surface area contributed by atoms with Gasteiger partial charge in [0.25, 0.3) is 0 Å². The number of rotatable bonds is 6. The van der Waals surface area contributed by atoms with Crippen LogP contribution in [0.25, 0.3) is 0 Å². The number of hydrogen-bond acceptors (Lipinski definition) is 4. The molecule has 0 fully saturated rings. The van der Waals surface area contributed by atoms with Crippen molar-refractivity contribution < 1.29 is 32.6 Å². The molecule has 4 N–H and O–H groups in total. The molecule has 0 radical (unpaired) electrons. The number of amides is 2. The van der Waals surface area contributed by atoms with Crippen LogP contribution in [0.5, 0.6) is 0 Å². The molecule has 0 aliphatic rings. The Morgan fingerprint density at radius 3 is 2.23 bits per heavy atom. The first kappa shape index (κ1) is 21.8. The fourth-order valence-electron chi connectivity index (χ4n) is 2.65. The van der Waals surface area contributed by atoms with Gasteiger partial charge < -0.3 is 20.9 Å². The first-order valence-corrected chi connectivity index (χ1v) is 7.87. The molecule has 1 atom stereocenters. The van der Waals surface area contributed by atoms with E-state index in [9.17, 15) is 22.8 Å². The topological polar surface area (TPSA) is 102 Å². The Labute approximate surface area is 149 Å². The van der Waals surface area contributed by atoms with Crippen LogP contribution in [0.2, 0.25) is 0 Å². The average Bonchev–Trinajstić information content (AvgIpc) is 2.50. The van der Waals surface area contributed by atoms with E-state index in [0.29, 0.717) is 0 Å². The normalized spacial score (nSPS) is 14.4. The third-order valence-electron chi connectivity index (χ3n) is 3.99. The molecule has 0 aromatic heterocycles. The molecule has 0 bridgehead atoms. The zero-order valence-electron chi connectivity index (χ0n) is 14.8. The fraction of sp³-hybridized carbons (Fsp3) is 0.529. The third kappa shape index (κ3) is 5.10. The first-order chi connectivity index (χ1) is 11.8. The van der Waals surface area contributed by atoms with Crippen molar-refractivity contribution in [1.82, 2.24) is 5.32 Å². The number of aliphatic hydroxyl groups is 1. The predicted molar refractivity (Wildman–Crippen MR) is 88.0 cm³/mol. The summed E-state index contributed by atoms with van der Waals surface area (Å²) in [6.07, 6.45) is -6.28. The number of halogens is 3. The van der Waals surface area contributed by atoms with Crippen LogP contribution in [0.4, 0.5) is 18.0 Å². The number of nitrogens with one attached hydrogen (secondary N) is 1. The maximum Gasteiger partial charge on any atom is 0.416 e. The van der Waals surface area contributed by atoms with Crippen LogP contribution in [0.1, 0.15) is 38.3 Å². The summed E-state index contributed by atoms with van der Waals surface area (Å²) in [6, 6.07) is 4.25. The lowest BCUT2D eigenvalue weighted by atomic mass is 9.69. The first-order valence-electron chi connectivity index (χ1n) is 7.87. The molecule has 1 aromatic rings. The average molecular weight is 376 g/mol. The number of carbonyl (C=O) groups excluding carboxylic acids is 2. The van der Waals surface area contributed by atoms with Gasteiger partial charge in [0.05, 0.1) is 18.6 Å². The molecule has 0 aliphatic heterocycles. The fourth-order valence-corrected chi connectivity index (χ4v) is 2.65. The summed E-state index contributed by atoms with van der Waals surface area (Å²) in [5.41, 5.74) is 1.51. The summed E-state index contributed by atoms with van der Waals surface area (Å²) in [5.74, 6) is -0.604. The van der Waals surface area contributed by atoms with Crippen LogP contribution < -0.4 is 11.1 Å². The van der Waals surface area contributed by atoms with Crippen LogP contribution >= 0.6 is 0 Å². The lowest BCUT2D eigenvalue weighted by Crippen LogP contribution is -2.49. The molecule has 0 saturated heterocycles. The van der Waals surface area contributed by atoms with Crippen molar-refractivity contribution in [3.63, 3.8) is 0 Å². The van der Waals surface area contributed by atoms with Gasteiger partial charge >= 0.3 is 12.3 Å². The molecule has 9 heteroatoms. The number of aliphatic hydroxyl groups excluding tert-OH is 1. The Bertz CT molecular complexity index is 656. The summed E-state index contributed by atoms with van der Waals surface area (Å²) in [6.45, 7) is 4.51. The van der Waals surface area contributed by atoms with E-state index in [2.05, 4.69) is 5.32 Å². The number of hydrogen-bond donors (Lipinski definition) is 3. The van der Waals surface area contributed by atoms with Crippen molar-refractivity contribution in [1.29, 1.82) is 0 Å². The standard InChI is InChI=1S/C17H23F3N2O4/c1-15(2,3)16(26-14(21)25,10-13(24)22-7-8-23)11-5-4-6-12(9-11)17(18,19)20/h4-6,9,23H,7-8,10H2,1-3H3,(H2,21,25)(H,22,24)/t16-/m1/s1. The van der Waals surface area contributed by atoms with Crippen molar-refractivity contribution in [2.24, 2.45) is 11.1 Å². The Balaban J connectivity index is 3.52. The van der Waals surface area contributed by atoms with Gasteiger partial charge in [-0.2, -0.15) is 13.2 Å². The summed E-state index contributed by atoms with van der Waals surface area (Å²) < 4.78 is 44.6. The predicted octanol–water partition coefficient (Wildman–Crippen LogP) is 2.54. The van der Waals surface area contributed by atoms with Gasteiger partial charge in [-0.3, -0.25) is 4.79 Å². The zero-order chi connectivity index (χ0) is 20.2. The quantitative estimate of drug-likeness (QED) is 0.710. The minimum atomic E-state index is -4.61. The van der Waals surface area contributed by atoms with Gasteiger partial charge in [-0.15, -0.1) is 0 Å². The Kier molecular flexibility index (Phi) is 6.65. The van der Waals surface area contributed by atoms with E-state index >= 15 is 0 Å². The van der Waals surface area contributed by atoms with Gasteiger partial charge in [-0.1, -0.05) is 32.9 Å². The van der Waals surface area contributed by atoms with Gasteiger partial charge in [0.15, 0.2) is 5.60 Å². The highest BCUT2D eigenvalue weighted by Crippen LogP contribution is 2.46. The minimum Gasteiger partial charge on any atom is -0.437 e. The number of nitrogens with two attached hydrogens (primary N) is 1. The molecule has 2 amide bonds. The van der Waals surface area contributed by atoms with Crippen LogP contribution in [0.3, 0.4) is 0 Å². The lowest BCUT2D eigenvalue weighted by Gasteiger charge is -2.43. The van der Waals surface area contributed by atoms with E-state index in [-0.39, 0.29) is 18.7 Å². The second-order valence-corrected chi connectivity index (χ2v) is 6.83. The molecular formula is C17H23F3N2O4. The molecule has 1 aromatic carbocycles. The number of carbonyl (C=O) groups is 2. The molecule has 0 spiro atoms. The molecule has 146 valence electrons. The van der Waals surface area contributed by atoms with Crippen LogP contribution in [-0.2, 0) is 21.3 Å². The Morgan fingerprint density at radius 2 is 1.77 bits per heavy atom. The smallest absolute Gasteiger partial charge is 0.416 e. The van der Waals surface area contributed by atoms with Gasteiger partial charge in [-0.25, -0.2) is 4.79 Å². The molecule has 0 unspecified atom stereocenters. The van der Waals surface area contributed by atoms with Gasteiger partial charge in [0, 0.05) is 12.0 Å². The second-order valence-electron chi connectivity index (χ2n) is 6.83. The van der Waals surface area contributed by atoms with E-state index in [4.69, 9.17) is 15.6 Å². The van der Waals surface area contributed by atoms with E-state index in [1.54, 1.807) is 20.8 Å². The maximum atomic E-state index is 13.1. The Morgan fingerprint density at radius 1 is 1.19 bits per heavy atom. The highest BCUT2D eigenvalue weighted by atomic mass is 19.4. The molecule has 1 rings (SSSR count). The van der Waals surface area contributed by atoms with E-state index in [0.717, 1.165) is 12.1 Å². The van der Waals surface area contributed by atoms with Crippen molar-refractivity contribution >= 4 is 12.0 Å². The van der Waals surface area contributed by atoms with Crippen LogP contribution in [0.15, 0.2) is 24.3 Å². The number of alkyl halides is 3. The Hall–Kier alpha value is -2.29. The van der Waals surface area contributed by atoms with Gasteiger partial charge in [0.2, 0.25) is 5.91 Å². The molecule has 0 saturated carbocycles. The number of primary amides is 1. The molecule has 0 heterocycles. The zero-order valence-corrected chi connectivity index (χ0v) is 14.8. The van der Waals surface area contributed by atoms with Crippen LogP contribution in [0, 0.1) is 5.41 Å². The number of ether oxygens (including phenoxy) is 1. The highest BCUT2D eigenvalue weighted by Gasteiger charge is 2.49. The third-order valence-corrected chi connectivity index (χ3v) is 3.99. The number of benzene rings is 1. The molecular weight excluding hydrogens is 353 g/mol. The summed E-state index contributed by atoms with van der Waals surface area (Å²) in [5, 5.41) is 11.2. The van der Waals surface area contributed by atoms with Crippen molar-refractivity contribution in [2.75, 3.05) is 13.2 Å². The molecule has 0 aliphatic carbocycles. The summed E-state index contributed by atoms with van der Waals surface area (Å²) in [4.78, 5) is 23.7. The van der Waals surface area contributed by atoms with Gasteiger partial charge in [0.1, 0.15) is 0 Å². The molecule has 6 nitrogen and oxygen atoms in total. The minimum absolute atomic E-state index is 0.00206. The van der Waals surface area contributed by atoms with Crippen LogP contribution in [-0.4, -0.2) is 30.3 Å². The maximum absolute atomic E-state index is 13.1. The largest absolute Gasteiger partial charge is 0.437 e.